The quantitative estimate of drug-likeness (QED) is 0.0388. The molecule has 3 aromatic rings. The number of quaternary nitrogens is 1. The number of hydrogen-bond acceptors (Lipinski definition) is 15. The lowest BCUT2D eigenvalue weighted by Crippen LogP contribution is -2.52. The Morgan fingerprint density at radius 3 is 1.81 bits per heavy atom. The Kier molecular flexibility index (Phi) is 30.4. The largest absolute Gasteiger partial charge is 0.673 e. The molecule has 484 valence electrons. The van der Waals surface area contributed by atoms with Gasteiger partial charge in [-0.15, -0.1) is 5.10 Å². The molecule has 2 aliphatic rings. The minimum absolute atomic E-state index is 0.0608. The number of aryl methyl sites for hydroxylation is 1. The lowest BCUT2D eigenvalue weighted by molar-refractivity contribution is -0.884. The first kappa shape index (κ1) is 75.0. The highest BCUT2D eigenvalue weighted by Gasteiger charge is 2.47. The molecule has 3 amide bonds. The van der Waals surface area contributed by atoms with Crippen LogP contribution in [0.25, 0.3) is 10.9 Å². The first-order valence-electron chi connectivity index (χ1n) is 26.2. The summed E-state index contributed by atoms with van der Waals surface area (Å²) in [5.41, 5.74) is 1.36. The second-order valence-corrected chi connectivity index (χ2v) is 20.4. The van der Waals surface area contributed by atoms with Crippen LogP contribution >= 0.6 is 0 Å². The Morgan fingerprint density at radius 2 is 1.30 bits per heavy atom. The van der Waals surface area contributed by atoms with Crippen molar-refractivity contribution < 1.29 is 114 Å². The van der Waals surface area contributed by atoms with E-state index in [9.17, 15) is 110 Å². The highest BCUT2D eigenvalue weighted by atomic mass is 19.5. The van der Waals surface area contributed by atoms with E-state index in [-0.39, 0.29) is 96.6 Å². The highest BCUT2D eigenvalue weighted by Crippen LogP contribution is 2.32. The van der Waals surface area contributed by atoms with E-state index in [0.717, 1.165) is 10.6 Å². The van der Waals surface area contributed by atoms with E-state index in [1.54, 1.807) is 43.6 Å². The monoisotopic (exact) mass is 1260 g/mol. The van der Waals surface area contributed by atoms with Gasteiger partial charge in [-0.05, 0) is 37.8 Å². The van der Waals surface area contributed by atoms with Crippen LogP contribution in [0.5, 0.6) is 5.75 Å². The van der Waals surface area contributed by atoms with E-state index in [2.05, 4.69) is 47.1 Å². The van der Waals surface area contributed by atoms with E-state index in [4.69, 9.17) is 4.74 Å². The third-order valence-electron chi connectivity index (χ3n) is 12.0. The Hall–Kier alpha value is -7.11. The fourth-order valence-corrected chi connectivity index (χ4v) is 8.55. The molecule has 1 aromatic carbocycles. The van der Waals surface area contributed by atoms with Crippen molar-refractivity contribution in [1.82, 2.24) is 55.1 Å². The summed E-state index contributed by atoms with van der Waals surface area (Å²) >= 11 is 0. The molecule has 0 radical (unpaired) electrons. The number of ether oxygens (including phenoxy) is 1. The predicted molar refractivity (Wildman–Crippen MR) is 282 cm³/mol. The molecule has 0 aliphatic carbocycles. The molecule has 5 rings (SSSR count). The lowest BCUT2D eigenvalue weighted by atomic mass is 10.1. The van der Waals surface area contributed by atoms with Gasteiger partial charge in [-0.25, -0.2) is 8.78 Å². The number of nitrogens with one attached hydrogen (secondary N) is 2. The molecule has 0 bridgehead atoms. The topological polar surface area (TPSA) is 280 Å². The van der Waals surface area contributed by atoms with Gasteiger partial charge in [-0.1, -0.05) is 17.3 Å². The van der Waals surface area contributed by atoms with Crippen molar-refractivity contribution in [2.45, 2.75) is 63.2 Å². The van der Waals surface area contributed by atoms with Gasteiger partial charge in [0.2, 0.25) is 11.8 Å². The van der Waals surface area contributed by atoms with Crippen LogP contribution in [0.4, 0.5) is 60.6 Å². The number of rotatable bonds is 23. The Labute approximate surface area is 484 Å². The number of alkyl halides is 2. The number of pyridine rings is 1. The Morgan fingerprint density at radius 1 is 0.767 bits per heavy atom. The van der Waals surface area contributed by atoms with Gasteiger partial charge in [-0.2, -0.15) is 5.26 Å². The van der Waals surface area contributed by atoms with E-state index in [0.29, 0.717) is 59.9 Å². The number of hydrogen-bond donors (Lipinski definition) is 5. The SMILES string of the molecule is C[N+](C)(C)Cc1cn(CCCCC(C(=O)O)N2CCN(CC(=O)O)CCN(CC(=O)NCCCOc3cccc4c(C(=O)NCC(=O)N5CC(F)(F)CC5C#N)ccnc34)CCN(CC(=O)O)CC2)nn1.F[B-](F)(F)F.F[B-](F)(F)F.F[B-](F)(F)F. The van der Waals surface area contributed by atoms with Gasteiger partial charge < -0.3 is 91.9 Å². The number of carboxylic acid groups (broad SMARTS) is 3. The summed E-state index contributed by atoms with van der Waals surface area (Å²) in [7, 11) is -11.8. The summed E-state index contributed by atoms with van der Waals surface area (Å²) in [6, 6.07) is 5.90. The number of likely N-dealkylation sites (tertiary alicyclic amines) is 1. The van der Waals surface area contributed by atoms with Crippen molar-refractivity contribution in [3.05, 3.63) is 47.9 Å². The van der Waals surface area contributed by atoms with Crippen LogP contribution in [-0.4, -0.2) is 259 Å². The summed E-state index contributed by atoms with van der Waals surface area (Å²) in [5.74, 6) is -7.78. The number of carbonyl (C=O) groups excluding carboxylic acids is 3. The van der Waals surface area contributed by atoms with Crippen LogP contribution < -0.4 is 15.4 Å². The van der Waals surface area contributed by atoms with Crippen LogP contribution in [0.3, 0.4) is 0 Å². The smallest absolute Gasteiger partial charge is 0.491 e. The summed E-state index contributed by atoms with van der Waals surface area (Å²) < 4.78 is 153. The molecule has 86 heavy (non-hydrogen) atoms. The normalized spacial score (nSPS) is 17.1. The third kappa shape index (κ3) is 33.6. The maximum Gasteiger partial charge on any atom is 0.673 e. The number of fused-ring (bicyclic) bond motifs is 1. The van der Waals surface area contributed by atoms with Gasteiger partial charge in [0, 0.05) is 83.5 Å². The van der Waals surface area contributed by atoms with Crippen LogP contribution in [-0.2, 0) is 37.1 Å². The van der Waals surface area contributed by atoms with Crippen molar-refractivity contribution in [2.24, 2.45) is 0 Å². The number of aromatic nitrogens is 4. The number of amides is 3. The van der Waals surface area contributed by atoms with Crippen LogP contribution in [0.15, 0.2) is 36.7 Å². The highest BCUT2D eigenvalue weighted by molar-refractivity contribution is 6.50. The number of aliphatic carboxylic acids is 3. The van der Waals surface area contributed by atoms with Gasteiger partial charge in [0.05, 0.1) is 78.3 Å². The zero-order valence-electron chi connectivity index (χ0n) is 46.8. The molecule has 2 unspecified atom stereocenters. The number of nitrogens with zero attached hydrogens (tertiary/aromatic N) is 11. The minimum atomic E-state index is -6.00. The van der Waals surface area contributed by atoms with Gasteiger partial charge in [0.15, 0.2) is 0 Å². The number of para-hydroxylation sites is 1. The molecule has 0 saturated carbocycles. The van der Waals surface area contributed by atoms with Gasteiger partial charge in [0.25, 0.3) is 11.8 Å². The van der Waals surface area contributed by atoms with E-state index in [1.807, 2.05) is 11.1 Å². The van der Waals surface area contributed by atoms with Gasteiger partial charge >= 0.3 is 39.7 Å². The van der Waals surface area contributed by atoms with E-state index >= 15 is 0 Å². The second-order valence-electron chi connectivity index (χ2n) is 20.4. The van der Waals surface area contributed by atoms with Gasteiger partial charge in [-0.3, -0.25) is 58.0 Å². The summed E-state index contributed by atoms with van der Waals surface area (Å²) in [6.45, 7) is 1.39. The minimum Gasteiger partial charge on any atom is -0.491 e. The van der Waals surface area contributed by atoms with Gasteiger partial charge in [0.1, 0.15) is 35.6 Å². The molecule has 2 saturated heterocycles. The first-order valence-corrected chi connectivity index (χ1v) is 26.2. The van der Waals surface area contributed by atoms with Crippen molar-refractivity contribution in [1.29, 1.82) is 5.26 Å². The maximum atomic E-state index is 13.9. The molecule has 2 atom stereocenters. The van der Waals surface area contributed by atoms with E-state index < -0.39 is 89.0 Å². The van der Waals surface area contributed by atoms with Crippen molar-refractivity contribution in [3.8, 4) is 11.8 Å². The van der Waals surface area contributed by atoms with Crippen LogP contribution in [0, 0.1) is 11.3 Å². The molecule has 23 nitrogen and oxygen atoms in total. The molecule has 4 heterocycles. The second kappa shape index (κ2) is 34.9. The number of nitriles is 1. The summed E-state index contributed by atoms with van der Waals surface area (Å²) in [6.07, 6.45) is 4.42. The third-order valence-corrected chi connectivity index (χ3v) is 12.0. The lowest BCUT2D eigenvalue weighted by Gasteiger charge is -2.35. The maximum absolute atomic E-state index is 13.9. The summed E-state index contributed by atoms with van der Waals surface area (Å²) in [4.78, 5) is 87.8. The zero-order chi connectivity index (χ0) is 65.2. The molecular formula is C46H66B3F14N13O10-2. The molecular weight excluding hydrogens is 1190 g/mol. The van der Waals surface area contributed by atoms with Crippen LogP contribution in [0.2, 0.25) is 0 Å². The molecule has 2 aliphatic heterocycles. The van der Waals surface area contributed by atoms with Crippen molar-refractivity contribution in [3.63, 3.8) is 0 Å². The number of carbonyl (C=O) groups is 6. The average molecular weight is 1260 g/mol. The fraction of sp³-hybridized carbons (Fsp3) is 0.609. The standard InChI is InChI=1S/C46H65F2N13O10.3BF4/c1-61(2,3)31-33-27-59(54-53-33)14-5-4-9-37(45(69)70)58-21-19-56(29-41(64)65)17-15-55(16-18-57(20-22-58)30-42(66)67)28-39(62)50-12-7-23-71-38-10-6-8-35-36(11-13-51-43(35)38)44(68)52-26-40(63)60-32-46(47,48)24-34(60)25-49;3*2-1(3,4)5/h6,8,10-11,13,27,34,37H,4-5,7,9,12,14-24,26,28-32H2,1-3H3,(H4-,50,52,62,64,65,66,67,68,69,70);;;/q;3*-1/p+1. The molecule has 40 heteroatoms. The van der Waals surface area contributed by atoms with Crippen LogP contribution in [0.1, 0.15) is 48.2 Å². The predicted octanol–water partition coefficient (Wildman–Crippen LogP) is 4.02. The average Bonchev–Trinajstić information content (AvgIpc) is 1.50. The van der Waals surface area contributed by atoms with Crippen molar-refractivity contribution >= 4 is 68.3 Å². The molecule has 0 spiro atoms. The number of carboxylic acids is 3. The first-order chi connectivity index (χ1) is 39.7. The number of unbranched alkanes of at least 4 members (excludes halogenated alkanes) is 1. The summed E-state index contributed by atoms with van der Waals surface area (Å²) in [5, 5.41) is 53.3. The Bertz CT molecular complexity index is 2630. The number of halogens is 14. The zero-order valence-corrected chi connectivity index (χ0v) is 46.8. The van der Waals surface area contributed by atoms with E-state index in [1.165, 1.54) is 12.3 Å². The molecule has 2 fully saturated rings. The number of benzene rings is 1. The molecule has 5 N–H and O–H groups in total. The fourth-order valence-electron chi connectivity index (χ4n) is 8.55. The Balaban J connectivity index is 0.00000149. The van der Waals surface area contributed by atoms with Crippen molar-refractivity contribution in [2.75, 3.05) is 119 Å². The molecule has 2 aromatic heterocycles.